The van der Waals surface area contributed by atoms with E-state index in [-0.39, 0.29) is 11.9 Å². The number of rotatable bonds is 2. The van der Waals surface area contributed by atoms with E-state index in [0.717, 1.165) is 21.2 Å². The Hall–Kier alpha value is -1.19. The Balaban J connectivity index is 2.47. The van der Waals surface area contributed by atoms with Crippen LogP contribution in [0.25, 0.3) is 0 Å². The SMILES string of the molecule is Cc1ccc(F)cc1C(N)c1ccccc1Br. The summed E-state index contributed by atoms with van der Waals surface area (Å²) in [4.78, 5) is 0. The molecule has 0 fully saturated rings. The topological polar surface area (TPSA) is 26.0 Å². The first kappa shape index (κ1) is 12.3. The summed E-state index contributed by atoms with van der Waals surface area (Å²) in [5, 5.41) is 0. The average molecular weight is 294 g/mol. The van der Waals surface area contributed by atoms with Gasteiger partial charge < -0.3 is 5.73 Å². The molecule has 2 aromatic rings. The smallest absolute Gasteiger partial charge is 0.123 e. The summed E-state index contributed by atoms with van der Waals surface area (Å²) in [5.41, 5.74) is 8.96. The Morgan fingerprint density at radius 2 is 1.82 bits per heavy atom. The van der Waals surface area contributed by atoms with Gasteiger partial charge >= 0.3 is 0 Å². The molecule has 0 heterocycles. The Labute approximate surface area is 109 Å². The van der Waals surface area contributed by atoms with Gasteiger partial charge in [0.05, 0.1) is 6.04 Å². The summed E-state index contributed by atoms with van der Waals surface area (Å²) >= 11 is 3.46. The van der Waals surface area contributed by atoms with E-state index in [4.69, 9.17) is 5.73 Å². The second kappa shape index (κ2) is 4.98. The Morgan fingerprint density at radius 3 is 2.53 bits per heavy atom. The highest BCUT2D eigenvalue weighted by Gasteiger charge is 2.14. The highest BCUT2D eigenvalue weighted by Crippen LogP contribution is 2.28. The quantitative estimate of drug-likeness (QED) is 0.892. The van der Waals surface area contributed by atoms with E-state index in [1.54, 1.807) is 6.07 Å². The highest BCUT2D eigenvalue weighted by atomic mass is 79.9. The molecule has 17 heavy (non-hydrogen) atoms. The van der Waals surface area contributed by atoms with Crippen molar-refractivity contribution in [2.45, 2.75) is 13.0 Å². The minimum absolute atomic E-state index is 0.256. The molecule has 2 N–H and O–H groups in total. The highest BCUT2D eigenvalue weighted by molar-refractivity contribution is 9.10. The lowest BCUT2D eigenvalue weighted by atomic mass is 9.96. The minimum atomic E-state index is -0.318. The van der Waals surface area contributed by atoms with Gasteiger partial charge in [0.1, 0.15) is 5.82 Å². The molecule has 0 aromatic heterocycles. The lowest BCUT2D eigenvalue weighted by molar-refractivity contribution is 0.622. The number of hydrogen-bond acceptors (Lipinski definition) is 1. The fourth-order valence-corrected chi connectivity index (χ4v) is 2.37. The fourth-order valence-electron chi connectivity index (χ4n) is 1.84. The van der Waals surface area contributed by atoms with Gasteiger partial charge in [-0.3, -0.25) is 0 Å². The third-order valence-electron chi connectivity index (χ3n) is 2.82. The predicted molar refractivity (Wildman–Crippen MR) is 71.3 cm³/mol. The molecule has 1 unspecified atom stereocenters. The minimum Gasteiger partial charge on any atom is -0.320 e. The number of benzene rings is 2. The van der Waals surface area contributed by atoms with Gasteiger partial charge in [-0.2, -0.15) is 0 Å². The Bertz CT molecular complexity index is 539. The summed E-state index contributed by atoms with van der Waals surface area (Å²) in [6.07, 6.45) is 0. The zero-order chi connectivity index (χ0) is 12.4. The number of aryl methyl sites for hydroxylation is 1. The molecule has 2 rings (SSSR count). The number of halogens is 2. The molecule has 3 heteroatoms. The molecule has 0 aliphatic heterocycles. The van der Waals surface area contributed by atoms with Crippen LogP contribution in [0.15, 0.2) is 46.9 Å². The molecule has 0 aliphatic rings. The average Bonchev–Trinajstić information content (AvgIpc) is 2.32. The maximum Gasteiger partial charge on any atom is 0.123 e. The monoisotopic (exact) mass is 293 g/mol. The molecule has 0 spiro atoms. The lowest BCUT2D eigenvalue weighted by Gasteiger charge is -2.16. The van der Waals surface area contributed by atoms with Gasteiger partial charge in [0.2, 0.25) is 0 Å². The molecule has 1 nitrogen and oxygen atoms in total. The first-order chi connectivity index (χ1) is 8.09. The van der Waals surface area contributed by atoms with Gasteiger partial charge in [0.25, 0.3) is 0 Å². The van der Waals surface area contributed by atoms with Crippen LogP contribution in [0.4, 0.5) is 4.39 Å². The molecule has 1 atom stereocenters. The Kier molecular flexibility index (Phi) is 3.60. The van der Waals surface area contributed by atoms with Gasteiger partial charge in [-0.05, 0) is 41.8 Å². The van der Waals surface area contributed by atoms with Crippen LogP contribution in [-0.2, 0) is 0 Å². The van der Waals surface area contributed by atoms with Crippen molar-refractivity contribution in [2.24, 2.45) is 5.73 Å². The zero-order valence-corrected chi connectivity index (χ0v) is 11.0. The molecule has 0 saturated carbocycles. The molecular weight excluding hydrogens is 281 g/mol. The van der Waals surface area contributed by atoms with Crippen molar-refractivity contribution in [3.8, 4) is 0 Å². The van der Waals surface area contributed by atoms with Crippen molar-refractivity contribution in [3.05, 3.63) is 69.4 Å². The van der Waals surface area contributed by atoms with Gasteiger partial charge in [0.15, 0.2) is 0 Å². The van der Waals surface area contributed by atoms with Crippen LogP contribution in [0.1, 0.15) is 22.7 Å². The van der Waals surface area contributed by atoms with Crippen molar-refractivity contribution in [2.75, 3.05) is 0 Å². The van der Waals surface area contributed by atoms with E-state index in [0.29, 0.717) is 0 Å². The van der Waals surface area contributed by atoms with Crippen LogP contribution in [0.3, 0.4) is 0 Å². The maximum atomic E-state index is 13.3. The van der Waals surface area contributed by atoms with E-state index in [1.165, 1.54) is 12.1 Å². The summed E-state index contributed by atoms with van der Waals surface area (Å²) < 4.78 is 14.2. The van der Waals surface area contributed by atoms with Gasteiger partial charge in [-0.25, -0.2) is 4.39 Å². The lowest BCUT2D eigenvalue weighted by Crippen LogP contribution is -2.14. The van der Waals surface area contributed by atoms with Crippen molar-refractivity contribution < 1.29 is 4.39 Å². The van der Waals surface area contributed by atoms with Crippen LogP contribution in [-0.4, -0.2) is 0 Å². The predicted octanol–water partition coefficient (Wildman–Crippen LogP) is 3.94. The van der Waals surface area contributed by atoms with E-state index in [2.05, 4.69) is 15.9 Å². The first-order valence-electron chi connectivity index (χ1n) is 5.35. The van der Waals surface area contributed by atoms with Crippen LogP contribution < -0.4 is 5.73 Å². The summed E-state index contributed by atoms with van der Waals surface area (Å²) in [6.45, 7) is 1.94. The van der Waals surface area contributed by atoms with Gasteiger partial charge in [0, 0.05) is 4.47 Å². The summed E-state index contributed by atoms with van der Waals surface area (Å²) in [7, 11) is 0. The van der Waals surface area contributed by atoms with Crippen LogP contribution in [0.2, 0.25) is 0 Å². The standard InChI is InChI=1S/C14H13BrFN/c1-9-6-7-10(16)8-12(9)14(17)11-4-2-3-5-13(11)15/h2-8,14H,17H2,1H3. The first-order valence-corrected chi connectivity index (χ1v) is 6.15. The van der Waals surface area contributed by atoms with Gasteiger partial charge in [-0.1, -0.05) is 40.2 Å². The molecule has 0 saturated heterocycles. The maximum absolute atomic E-state index is 13.3. The third kappa shape index (κ3) is 2.56. The van der Waals surface area contributed by atoms with Crippen LogP contribution in [0, 0.1) is 12.7 Å². The number of nitrogens with two attached hydrogens (primary N) is 1. The normalized spacial score (nSPS) is 12.5. The van der Waals surface area contributed by atoms with Crippen molar-refractivity contribution in [1.29, 1.82) is 0 Å². The largest absolute Gasteiger partial charge is 0.320 e. The summed E-state index contributed by atoms with van der Waals surface area (Å²) in [6, 6.07) is 12.1. The van der Waals surface area contributed by atoms with Crippen molar-refractivity contribution in [3.63, 3.8) is 0 Å². The third-order valence-corrected chi connectivity index (χ3v) is 3.54. The van der Waals surface area contributed by atoms with E-state index in [9.17, 15) is 4.39 Å². The molecule has 88 valence electrons. The Morgan fingerprint density at radius 1 is 1.12 bits per heavy atom. The van der Waals surface area contributed by atoms with E-state index >= 15 is 0 Å². The summed E-state index contributed by atoms with van der Waals surface area (Å²) in [5.74, 6) is -0.256. The van der Waals surface area contributed by atoms with E-state index in [1.807, 2.05) is 31.2 Å². The number of hydrogen-bond donors (Lipinski definition) is 1. The molecule has 2 aromatic carbocycles. The molecule has 0 bridgehead atoms. The van der Waals surface area contributed by atoms with Crippen molar-refractivity contribution in [1.82, 2.24) is 0 Å². The van der Waals surface area contributed by atoms with Gasteiger partial charge in [-0.15, -0.1) is 0 Å². The zero-order valence-electron chi connectivity index (χ0n) is 9.45. The fraction of sp³-hybridized carbons (Fsp3) is 0.143. The molecule has 0 aliphatic carbocycles. The molecule has 0 radical (unpaired) electrons. The van der Waals surface area contributed by atoms with Crippen molar-refractivity contribution >= 4 is 15.9 Å². The molecular formula is C14H13BrFN. The van der Waals surface area contributed by atoms with E-state index < -0.39 is 0 Å². The van der Waals surface area contributed by atoms with Crippen LogP contribution in [0.5, 0.6) is 0 Å². The second-order valence-corrected chi connectivity index (χ2v) is 4.85. The van der Waals surface area contributed by atoms with Crippen LogP contribution >= 0.6 is 15.9 Å². The second-order valence-electron chi connectivity index (χ2n) is 4.00. The molecule has 0 amide bonds.